The van der Waals surface area contributed by atoms with Gasteiger partial charge in [0.05, 0.1) is 29.8 Å². The number of aryl methyl sites for hydroxylation is 1. The van der Waals surface area contributed by atoms with Gasteiger partial charge in [0, 0.05) is 25.9 Å². The van der Waals surface area contributed by atoms with Crippen molar-refractivity contribution >= 4 is 18.2 Å². The molecule has 0 bridgehead atoms. The van der Waals surface area contributed by atoms with Crippen molar-refractivity contribution in [2.24, 2.45) is 10.1 Å². The lowest BCUT2D eigenvalue weighted by molar-refractivity contribution is -0.0498. The van der Waals surface area contributed by atoms with Crippen LogP contribution < -0.4 is 19.8 Å². The number of methoxy groups -OCH3 is 1. The van der Waals surface area contributed by atoms with Crippen LogP contribution in [0.15, 0.2) is 77.0 Å². The number of aromatic nitrogens is 1. The fraction of sp³-hybridized carbons (Fsp3) is 0.300. The van der Waals surface area contributed by atoms with Crippen LogP contribution in [-0.4, -0.2) is 50.0 Å². The number of hydrogen-bond acceptors (Lipinski definition) is 7. The molecule has 0 spiro atoms. The van der Waals surface area contributed by atoms with Crippen LogP contribution in [0.4, 0.5) is 18.9 Å². The third-order valence-electron chi connectivity index (χ3n) is 6.12. The average molecular weight is 572 g/mol. The number of pyridine rings is 1. The minimum atomic E-state index is -3.02. The Bertz CT molecular complexity index is 1370. The molecule has 220 valence electrons. The predicted octanol–water partition coefficient (Wildman–Crippen LogP) is 6.02. The number of likely N-dealkylation sites (N-methyl/N-ethyl adjacent to an activating group) is 1. The van der Waals surface area contributed by atoms with Gasteiger partial charge in [-0.25, -0.2) is 9.37 Å². The number of halogens is 3. The fourth-order valence-corrected chi connectivity index (χ4v) is 4.29. The summed E-state index contributed by atoms with van der Waals surface area (Å²) in [5.41, 5.74) is 2.29. The van der Waals surface area contributed by atoms with E-state index in [9.17, 15) is 13.9 Å². The summed E-state index contributed by atoms with van der Waals surface area (Å²) >= 11 is 0. The summed E-state index contributed by atoms with van der Waals surface area (Å²) < 4.78 is 50.5. The van der Waals surface area contributed by atoms with E-state index in [4.69, 9.17) is 4.74 Å². The number of nitrogens with zero attached hydrogens (tertiary/aromatic N) is 4. The summed E-state index contributed by atoms with van der Waals surface area (Å²) in [5.74, 6) is -0.195. The van der Waals surface area contributed by atoms with Crippen LogP contribution in [0.25, 0.3) is 0 Å². The van der Waals surface area contributed by atoms with E-state index in [1.165, 1.54) is 49.6 Å². The first-order chi connectivity index (χ1) is 19.6. The monoisotopic (exact) mass is 571 g/mol. The van der Waals surface area contributed by atoms with Gasteiger partial charge in [-0.2, -0.15) is 13.9 Å². The summed E-state index contributed by atoms with van der Waals surface area (Å²) in [4.78, 5) is 10.4. The van der Waals surface area contributed by atoms with Crippen LogP contribution >= 0.6 is 0 Å². The molecule has 1 heterocycles. The number of alkyl halides is 2. The third kappa shape index (κ3) is 7.04. The number of aliphatic hydroxyl groups is 1. The number of rotatable bonds is 11. The van der Waals surface area contributed by atoms with Gasteiger partial charge in [-0.3, -0.25) is 10.4 Å². The van der Waals surface area contributed by atoms with Crippen LogP contribution in [0.2, 0.25) is 0 Å². The molecule has 0 fully saturated rings. The molecule has 3 rings (SSSR count). The fourth-order valence-electron chi connectivity index (χ4n) is 4.29. The molecule has 3 aromatic rings. The van der Waals surface area contributed by atoms with Gasteiger partial charge in [0.15, 0.2) is 11.4 Å². The number of amidine groups is 1. The predicted molar refractivity (Wildman–Crippen MR) is 157 cm³/mol. The maximum atomic E-state index is 15.2. The van der Waals surface area contributed by atoms with Crippen molar-refractivity contribution in [2.75, 3.05) is 25.6 Å². The van der Waals surface area contributed by atoms with Gasteiger partial charge in [-0.1, -0.05) is 50.8 Å². The molecule has 1 atom stereocenters. The minimum absolute atomic E-state index is 0.0799. The highest BCUT2D eigenvalue weighted by Gasteiger charge is 2.40. The average Bonchev–Trinajstić information content (AvgIpc) is 2.97. The molecule has 2 aromatic carbocycles. The van der Waals surface area contributed by atoms with Gasteiger partial charge in [-0.05, 0) is 43.7 Å². The number of ether oxygens (including phenoxy) is 2. The second-order valence-corrected chi connectivity index (χ2v) is 8.28. The summed E-state index contributed by atoms with van der Waals surface area (Å²) in [7, 11) is 3.02. The first kappa shape index (κ1) is 32.8. The van der Waals surface area contributed by atoms with Crippen LogP contribution in [0.3, 0.4) is 0 Å². The molecule has 0 aliphatic rings. The number of nitrogens with one attached hydrogen (secondary N) is 1. The van der Waals surface area contributed by atoms with Gasteiger partial charge < -0.3 is 19.5 Å². The summed E-state index contributed by atoms with van der Waals surface area (Å²) in [6.45, 7) is 12.5. The molecule has 0 amide bonds. The summed E-state index contributed by atoms with van der Waals surface area (Å²) in [5, 5.41) is 15.9. The zero-order valence-corrected chi connectivity index (χ0v) is 24.1. The van der Waals surface area contributed by atoms with Crippen LogP contribution in [0.5, 0.6) is 11.6 Å². The highest BCUT2D eigenvalue weighted by atomic mass is 19.3. The highest BCUT2D eigenvalue weighted by Crippen LogP contribution is 2.42. The lowest BCUT2D eigenvalue weighted by atomic mass is 9.82. The topological polar surface area (TPSA) is 91.6 Å². The van der Waals surface area contributed by atoms with E-state index in [0.717, 1.165) is 0 Å². The van der Waals surface area contributed by atoms with Crippen molar-refractivity contribution in [3.05, 3.63) is 95.1 Å². The molecule has 8 nitrogen and oxygen atoms in total. The SMILES string of the molecule is C=NNC(=NC)c1cc(N(CC)C(=C)C(O)(c2ccc(OC(F)F)cc2)c2ccccc2F)c(C)nc1OC.CC. The molecule has 1 aromatic heterocycles. The molecular weight excluding hydrogens is 535 g/mol. The lowest BCUT2D eigenvalue weighted by Crippen LogP contribution is -2.40. The van der Waals surface area contributed by atoms with Crippen LogP contribution in [0.1, 0.15) is 43.2 Å². The Kier molecular flexibility index (Phi) is 11.9. The van der Waals surface area contributed by atoms with Crippen molar-refractivity contribution in [3.8, 4) is 11.6 Å². The number of anilines is 1. The van der Waals surface area contributed by atoms with Crippen molar-refractivity contribution in [1.29, 1.82) is 0 Å². The largest absolute Gasteiger partial charge is 0.480 e. The first-order valence-corrected chi connectivity index (χ1v) is 12.9. The van der Waals surface area contributed by atoms with Gasteiger partial charge in [0.1, 0.15) is 11.6 Å². The Balaban J connectivity index is 0.00000287. The second kappa shape index (κ2) is 14.8. The van der Waals surface area contributed by atoms with Crippen molar-refractivity contribution in [2.45, 2.75) is 39.9 Å². The summed E-state index contributed by atoms with van der Waals surface area (Å²) in [6.07, 6.45) is 0. The Morgan fingerprint density at radius 3 is 2.32 bits per heavy atom. The maximum Gasteiger partial charge on any atom is 0.387 e. The van der Waals surface area contributed by atoms with Crippen molar-refractivity contribution in [1.82, 2.24) is 10.4 Å². The minimum Gasteiger partial charge on any atom is -0.480 e. The third-order valence-corrected chi connectivity index (χ3v) is 6.12. The van der Waals surface area contributed by atoms with E-state index in [1.54, 1.807) is 31.0 Å². The Hall–Kier alpha value is -4.38. The van der Waals surface area contributed by atoms with Gasteiger partial charge >= 0.3 is 6.61 Å². The van der Waals surface area contributed by atoms with E-state index in [-0.39, 0.29) is 28.5 Å². The molecule has 1 unspecified atom stereocenters. The molecule has 0 aliphatic heterocycles. The van der Waals surface area contributed by atoms with Crippen LogP contribution in [-0.2, 0) is 5.60 Å². The molecule has 0 radical (unpaired) electrons. The number of hydrazone groups is 1. The molecule has 0 aliphatic carbocycles. The zero-order valence-electron chi connectivity index (χ0n) is 24.1. The lowest BCUT2D eigenvalue weighted by Gasteiger charge is -2.39. The van der Waals surface area contributed by atoms with Crippen molar-refractivity contribution < 1.29 is 27.8 Å². The Labute approximate surface area is 238 Å². The standard InChI is InChI=1S/C28H30F3N5O3.C2H6/c1-7-36(24-16-21(25(32-4)35-33-5)26(38-6)34-17(24)2)18(3)28(37,22-10-8-9-11-23(22)29)19-12-14-20(15-13-19)39-27(30)31;1-2/h8-16,27,37H,3,5,7H2,1-2,4,6H3,(H,32,35);1-2H3. The Morgan fingerprint density at radius 1 is 1.17 bits per heavy atom. The molecule has 0 saturated carbocycles. The van der Waals surface area contributed by atoms with E-state index >= 15 is 4.39 Å². The number of hydrogen-bond donors (Lipinski definition) is 2. The van der Waals surface area contributed by atoms with E-state index < -0.39 is 18.0 Å². The molecule has 41 heavy (non-hydrogen) atoms. The first-order valence-electron chi connectivity index (χ1n) is 12.9. The maximum absolute atomic E-state index is 15.2. The quantitative estimate of drug-likeness (QED) is 0.166. The van der Waals surface area contributed by atoms with Crippen LogP contribution in [0, 0.1) is 12.7 Å². The van der Waals surface area contributed by atoms with Crippen molar-refractivity contribution in [3.63, 3.8) is 0 Å². The van der Waals surface area contributed by atoms with Gasteiger partial charge in [-0.15, -0.1) is 0 Å². The highest BCUT2D eigenvalue weighted by molar-refractivity contribution is 6.01. The van der Waals surface area contributed by atoms with E-state index in [2.05, 4.69) is 38.5 Å². The van der Waals surface area contributed by atoms with Gasteiger partial charge in [0.2, 0.25) is 5.88 Å². The normalized spacial score (nSPS) is 12.5. The Morgan fingerprint density at radius 2 is 1.80 bits per heavy atom. The van der Waals surface area contributed by atoms with E-state index in [0.29, 0.717) is 29.3 Å². The summed E-state index contributed by atoms with van der Waals surface area (Å²) in [6, 6.07) is 12.8. The molecule has 2 N–H and O–H groups in total. The molecular formula is C30H36F3N5O3. The smallest absolute Gasteiger partial charge is 0.387 e. The second-order valence-electron chi connectivity index (χ2n) is 8.28. The number of aliphatic imine (C=N–C) groups is 1. The molecule has 11 heteroatoms. The van der Waals surface area contributed by atoms with Gasteiger partial charge in [0.25, 0.3) is 0 Å². The van der Waals surface area contributed by atoms with E-state index in [1.807, 2.05) is 20.8 Å². The number of benzene rings is 2. The zero-order chi connectivity index (χ0) is 30.7. The molecule has 0 saturated heterocycles.